The van der Waals surface area contributed by atoms with Crippen LogP contribution in [-0.2, 0) is 11.9 Å². The van der Waals surface area contributed by atoms with Crippen LogP contribution in [0.1, 0.15) is 28.4 Å². The van der Waals surface area contributed by atoms with E-state index in [2.05, 4.69) is 0 Å². The number of carbonyl (C=O) groups excluding carboxylic acids is 1. The van der Waals surface area contributed by atoms with E-state index in [1.54, 1.807) is 18.2 Å². The standard InChI is InChI=1S/C16H13F3OS/c1-11(20)13-3-2-4-15(9-13)21-10-12-5-7-14(8-6-12)16(17,18)19/h2-9H,10H2,1H3. The number of alkyl halides is 3. The minimum absolute atomic E-state index is 0.00743. The van der Waals surface area contributed by atoms with E-state index in [9.17, 15) is 18.0 Å². The molecule has 110 valence electrons. The van der Waals surface area contributed by atoms with E-state index in [0.717, 1.165) is 22.6 Å². The molecule has 0 aliphatic heterocycles. The third kappa shape index (κ3) is 4.36. The molecule has 5 heteroatoms. The van der Waals surface area contributed by atoms with Gasteiger partial charge in [0.05, 0.1) is 5.56 Å². The Morgan fingerprint density at radius 1 is 1.10 bits per heavy atom. The molecular formula is C16H13F3OS. The minimum atomic E-state index is -4.30. The van der Waals surface area contributed by atoms with Gasteiger partial charge in [0.2, 0.25) is 0 Å². The molecule has 2 aromatic rings. The Balaban J connectivity index is 2.03. The van der Waals surface area contributed by atoms with Gasteiger partial charge in [-0.25, -0.2) is 0 Å². The first-order valence-electron chi connectivity index (χ1n) is 6.26. The van der Waals surface area contributed by atoms with Crippen molar-refractivity contribution in [3.05, 3.63) is 65.2 Å². The van der Waals surface area contributed by atoms with Gasteiger partial charge in [0.1, 0.15) is 0 Å². The minimum Gasteiger partial charge on any atom is -0.295 e. The summed E-state index contributed by atoms with van der Waals surface area (Å²) in [5.74, 6) is 0.548. The molecule has 0 spiro atoms. The van der Waals surface area contributed by atoms with Crippen LogP contribution in [0.25, 0.3) is 0 Å². The summed E-state index contributed by atoms with van der Waals surface area (Å²) in [5, 5.41) is 0. The van der Waals surface area contributed by atoms with Gasteiger partial charge in [-0.15, -0.1) is 11.8 Å². The number of rotatable bonds is 4. The number of Topliss-reactive ketones (excluding diaryl/α,β-unsaturated/α-hetero) is 1. The third-order valence-electron chi connectivity index (χ3n) is 2.93. The second-order valence-electron chi connectivity index (χ2n) is 4.57. The van der Waals surface area contributed by atoms with E-state index in [1.807, 2.05) is 6.07 Å². The Labute approximate surface area is 125 Å². The highest BCUT2D eigenvalue weighted by atomic mass is 32.2. The number of ketones is 1. The zero-order chi connectivity index (χ0) is 15.5. The molecule has 0 amide bonds. The molecule has 1 nitrogen and oxygen atoms in total. The quantitative estimate of drug-likeness (QED) is 0.570. The van der Waals surface area contributed by atoms with Gasteiger partial charge in [-0.2, -0.15) is 13.2 Å². The maximum Gasteiger partial charge on any atom is 0.416 e. The maximum absolute atomic E-state index is 12.5. The lowest BCUT2D eigenvalue weighted by atomic mass is 10.1. The van der Waals surface area contributed by atoms with E-state index >= 15 is 0 Å². The Morgan fingerprint density at radius 2 is 1.76 bits per heavy atom. The maximum atomic E-state index is 12.5. The molecule has 0 atom stereocenters. The topological polar surface area (TPSA) is 17.1 Å². The summed E-state index contributed by atoms with van der Waals surface area (Å²) in [7, 11) is 0. The van der Waals surface area contributed by atoms with Gasteiger partial charge in [0.25, 0.3) is 0 Å². The fraction of sp³-hybridized carbons (Fsp3) is 0.188. The third-order valence-corrected chi connectivity index (χ3v) is 3.99. The lowest BCUT2D eigenvalue weighted by Crippen LogP contribution is -2.04. The van der Waals surface area contributed by atoms with Crippen molar-refractivity contribution < 1.29 is 18.0 Å². The lowest BCUT2D eigenvalue weighted by molar-refractivity contribution is -0.137. The normalized spacial score (nSPS) is 11.4. The van der Waals surface area contributed by atoms with Gasteiger partial charge in [0.15, 0.2) is 5.78 Å². The molecular weight excluding hydrogens is 297 g/mol. The van der Waals surface area contributed by atoms with Gasteiger partial charge in [-0.1, -0.05) is 24.3 Å². The molecule has 0 fully saturated rings. The molecule has 0 aliphatic carbocycles. The SMILES string of the molecule is CC(=O)c1cccc(SCc2ccc(C(F)(F)F)cc2)c1. The molecule has 0 saturated carbocycles. The van der Waals surface area contributed by atoms with Crippen LogP contribution in [0.2, 0.25) is 0 Å². The molecule has 0 aliphatic rings. The number of carbonyl (C=O) groups is 1. The van der Waals surface area contributed by atoms with Crippen molar-refractivity contribution in [2.45, 2.75) is 23.7 Å². The van der Waals surface area contributed by atoms with Gasteiger partial charge < -0.3 is 0 Å². The van der Waals surface area contributed by atoms with Crippen molar-refractivity contribution in [1.29, 1.82) is 0 Å². The van der Waals surface area contributed by atoms with Crippen molar-refractivity contribution >= 4 is 17.5 Å². The Bertz CT molecular complexity index is 633. The van der Waals surface area contributed by atoms with Crippen molar-refractivity contribution in [3.8, 4) is 0 Å². The average molecular weight is 310 g/mol. The summed E-state index contributed by atoms with van der Waals surface area (Å²) in [6, 6.07) is 12.3. The number of hydrogen-bond acceptors (Lipinski definition) is 2. The molecule has 0 N–H and O–H groups in total. The first kappa shape index (κ1) is 15.6. The van der Waals surface area contributed by atoms with E-state index in [0.29, 0.717) is 11.3 Å². The van der Waals surface area contributed by atoms with Crippen LogP contribution in [0.4, 0.5) is 13.2 Å². The molecule has 0 unspecified atom stereocenters. The molecule has 2 rings (SSSR count). The lowest BCUT2D eigenvalue weighted by Gasteiger charge is -2.08. The summed E-state index contributed by atoms with van der Waals surface area (Å²) in [4.78, 5) is 12.2. The van der Waals surface area contributed by atoms with Gasteiger partial charge in [0, 0.05) is 16.2 Å². The second kappa shape index (κ2) is 6.35. The van der Waals surface area contributed by atoms with Crippen LogP contribution in [0.15, 0.2) is 53.4 Å². The van der Waals surface area contributed by atoms with Crippen molar-refractivity contribution in [2.24, 2.45) is 0 Å². The first-order chi connectivity index (χ1) is 9.86. The molecule has 21 heavy (non-hydrogen) atoms. The highest BCUT2D eigenvalue weighted by Gasteiger charge is 2.29. The summed E-state index contributed by atoms with van der Waals surface area (Å²) in [5.41, 5.74) is 0.795. The average Bonchev–Trinajstić information content (AvgIpc) is 2.45. The molecule has 0 bridgehead atoms. The van der Waals surface area contributed by atoms with Crippen molar-refractivity contribution in [3.63, 3.8) is 0 Å². The number of hydrogen-bond donors (Lipinski definition) is 0. The summed E-state index contributed by atoms with van der Waals surface area (Å²) in [6.07, 6.45) is -4.30. The number of halogens is 3. The highest BCUT2D eigenvalue weighted by Crippen LogP contribution is 2.30. The summed E-state index contributed by atoms with van der Waals surface area (Å²) in [6.45, 7) is 1.50. The van der Waals surface area contributed by atoms with Gasteiger partial charge in [-0.3, -0.25) is 4.79 Å². The molecule has 0 saturated heterocycles. The first-order valence-corrected chi connectivity index (χ1v) is 7.25. The predicted molar refractivity (Wildman–Crippen MR) is 77.5 cm³/mol. The fourth-order valence-corrected chi connectivity index (χ4v) is 2.67. The van der Waals surface area contributed by atoms with Crippen LogP contribution in [-0.4, -0.2) is 5.78 Å². The predicted octanol–water partition coefficient (Wildman–Crippen LogP) is 5.20. The summed E-state index contributed by atoms with van der Waals surface area (Å²) < 4.78 is 37.4. The van der Waals surface area contributed by atoms with E-state index in [-0.39, 0.29) is 5.78 Å². The van der Waals surface area contributed by atoms with Crippen LogP contribution >= 0.6 is 11.8 Å². The van der Waals surface area contributed by atoms with Crippen LogP contribution < -0.4 is 0 Å². The molecule has 0 aromatic heterocycles. The van der Waals surface area contributed by atoms with Gasteiger partial charge in [-0.05, 0) is 36.8 Å². The van der Waals surface area contributed by atoms with Crippen molar-refractivity contribution in [2.75, 3.05) is 0 Å². The van der Waals surface area contributed by atoms with E-state index in [4.69, 9.17) is 0 Å². The fourth-order valence-electron chi connectivity index (χ4n) is 1.76. The second-order valence-corrected chi connectivity index (χ2v) is 5.62. The van der Waals surface area contributed by atoms with E-state index in [1.165, 1.54) is 30.8 Å². The molecule has 2 aromatic carbocycles. The van der Waals surface area contributed by atoms with Gasteiger partial charge >= 0.3 is 6.18 Å². The van der Waals surface area contributed by atoms with Crippen LogP contribution in [0.5, 0.6) is 0 Å². The Morgan fingerprint density at radius 3 is 2.33 bits per heavy atom. The number of thioether (sulfide) groups is 1. The highest BCUT2D eigenvalue weighted by molar-refractivity contribution is 7.98. The van der Waals surface area contributed by atoms with Crippen LogP contribution in [0, 0.1) is 0 Å². The smallest absolute Gasteiger partial charge is 0.295 e. The largest absolute Gasteiger partial charge is 0.416 e. The molecule has 0 heterocycles. The Hall–Kier alpha value is -1.75. The summed E-state index contributed by atoms with van der Waals surface area (Å²) >= 11 is 1.48. The number of benzene rings is 2. The Kier molecular flexibility index (Phi) is 4.73. The zero-order valence-electron chi connectivity index (χ0n) is 11.3. The van der Waals surface area contributed by atoms with Crippen LogP contribution in [0.3, 0.4) is 0 Å². The zero-order valence-corrected chi connectivity index (χ0v) is 12.1. The molecule has 0 radical (unpaired) electrons. The monoisotopic (exact) mass is 310 g/mol. The van der Waals surface area contributed by atoms with E-state index < -0.39 is 11.7 Å². The van der Waals surface area contributed by atoms with Crippen molar-refractivity contribution in [1.82, 2.24) is 0 Å².